The lowest BCUT2D eigenvalue weighted by atomic mass is 10.1. The molecule has 0 radical (unpaired) electrons. The second-order valence-electron chi connectivity index (χ2n) is 7.41. The fraction of sp³-hybridized carbons (Fsp3) is 0.333. The molecule has 0 spiro atoms. The summed E-state index contributed by atoms with van der Waals surface area (Å²) in [6.07, 6.45) is 0.332. The number of pyridine rings is 1. The van der Waals surface area contributed by atoms with Gasteiger partial charge in [0.2, 0.25) is 0 Å². The van der Waals surface area contributed by atoms with Crippen molar-refractivity contribution < 1.29 is 18.3 Å². The van der Waals surface area contributed by atoms with Crippen LogP contribution in [0.25, 0.3) is 11.0 Å². The van der Waals surface area contributed by atoms with E-state index in [0.717, 1.165) is 0 Å². The Kier molecular flexibility index (Phi) is 5.64. The zero-order valence-electron chi connectivity index (χ0n) is 17.0. The van der Waals surface area contributed by atoms with Crippen LogP contribution < -0.4 is 15.6 Å². The number of aromatic nitrogens is 3. The van der Waals surface area contributed by atoms with Gasteiger partial charge < -0.3 is 15.0 Å². The van der Waals surface area contributed by atoms with Crippen molar-refractivity contribution in [3.8, 4) is 5.75 Å². The highest BCUT2D eigenvalue weighted by Gasteiger charge is 2.26. The highest BCUT2D eigenvalue weighted by Crippen LogP contribution is 2.24. The molecule has 31 heavy (non-hydrogen) atoms. The SMILES string of the molecule is CNC(=O)c1ccc(O[C@H]2CCN(Cc3ccc4nc(C)c(=O)[nH]c4c3F)C2)c(F)n1. The molecule has 4 rings (SSSR count). The van der Waals surface area contributed by atoms with Crippen molar-refractivity contribution in [1.29, 1.82) is 0 Å². The van der Waals surface area contributed by atoms with E-state index in [1.54, 1.807) is 19.1 Å². The van der Waals surface area contributed by atoms with Crippen LogP contribution in [-0.2, 0) is 6.54 Å². The van der Waals surface area contributed by atoms with E-state index in [2.05, 4.69) is 20.3 Å². The van der Waals surface area contributed by atoms with Gasteiger partial charge in [-0.25, -0.2) is 14.4 Å². The summed E-state index contributed by atoms with van der Waals surface area (Å²) in [6.45, 7) is 2.99. The van der Waals surface area contributed by atoms with E-state index in [1.807, 2.05) is 4.90 Å². The normalized spacial score (nSPS) is 16.6. The van der Waals surface area contributed by atoms with Crippen LogP contribution in [0.1, 0.15) is 28.2 Å². The van der Waals surface area contributed by atoms with E-state index >= 15 is 0 Å². The average Bonchev–Trinajstić information content (AvgIpc) is 3.19. The molecule has 1 aliphatic heterocycles. The van der Waals surface area contributed by atoms with Crippen LogP contribution in [0.2, 0.25) is 0 Å². The van der Waals surface area contributed by atoms with Gasteiger partial charge in [0.05, 0.1) is 5.52 Å². The van der Waals surface area contributed by atoms with Gasteiger partial charge in [0.25, 0.3) is 17.4 Å². The quantitative estimate of drug-likeness (QED) is 0.601. The maximum absolute atomic E-state index is 14.9. The van der Waals surface area contributed by atoms with Crippen molar-refractivity contribution in [2.75, 3.05) is 20.1 Å². The van der Waals surface area contributed by atoms with Gasteiger partial charge in [0.15, 0.2) is 11.6 Å². The molecule has 2 aromatic heterocycles. The van der Waals surface area contributed by atoms with Gasteiger partial charge in [-0.2, -0.15) is 4.39 Å². The molecule has 8 nitrogen and oxygen atoms in total. The Morgan fingerprint density at radius 2 is 2.10 bits per heavy atom. The molecule has 1 saturated heterocycles. The number of nitrogens with one attached hydrogen (secondary N) is 2. The second-order valence-corrected chi connectivity index (χ2v) is 7.41. The number of fused-ring (bicyclic) bond motifs is 1. The van der Waals surface area contributed by atoms with Crippen LogP contribution in [0.15, 0.2) is 29.1 Å². The molecule has 2 N–H and O–H groups in total. The van der Waals surface area contributed by atoms with E-state index in [0.29, 0.717) is 37.1 Å². The molecule has 1 fully saturated rings. The summed E-state index contributed by atoms with van der Waals surface area (Å²) in [5.41, 5.74) is 0.737. The summed E-state index contributed by atoms with van der Waals surface area (Å²) >= 11 is 0. The monoisotopic (exact) mass is 429 g/mol. The minimum Gasteiger partial charge on any atom is -0.484 e. The fourth-order valence-corrected chi connectivity index (χ4v) is 3.60. The molecule has 1 aromatic carbocycles. The number of hydrogen-bond donors (Lipinski definition) is 2. The molecule has 1 amide bonds. The third-order valence-electron chi connectivity index (χ3n) is 5.25. The lowest BCUT2D eigenvalue weighted by Gasteiger charge is -2.18. The summed E-state index contributed by atoms with van der Waals surface area (Å²) in [4.78, 5) is 35.6. The van der Waals surface area contributed by atoms with Gasteiger partial charge in [-0.3, -0.25) is 14.5 Å². The summed E-state index contributed by atoms with van der Waals surface area (Å²) in [6, 6.07) is 6.10. The number of halogens is 2. The van der Waals surface area contributed by atoms with Gasteiger partial charge in [-0.1, -0.05) is 6.07 Å². The Bertz CT molecular complexity index is 1210. The van der Waals surface area contributed by atoms with Gasteiger partial charge in [-0.15, -0.1) is 0 Å². The summed E-state index contributed by atoms with van der Waals surface area (Å²) < 4.78 is 34.8. The van der Waals surface area contributed by atoms with Crippen molar-refractivity contribution in [1.82, 2.24) is 25.2 Å². The van der Waals surface area contributed by atoms with Crippen molar-refractivity contribution in [3.05, 3.63) is 63.3 Å². The Morgan fingerprint density at radius 3 is 2.84 bits per heavy atom. The number of carbonyl (C=O) groups is 1. The fourth-order valence-electron chi connectivity index (χ4n) is 3.60. The summed E-state index contributed by atoms with van der Waals surface area (Å²) in [5.74, 6) is -1.88. The maximum atomic E-state index is 14.9. The minimum atomic E-state index is -0.855. The summed E-state index contributed by atoms with van der Waals surface area (Å²) in [5, 5.41) is 2.38. The average molecular weight is 429 g/mol. The van der Waals surface area contributed by atoms with Crippen molar-refractivity contribution in [2.24, 2.45) is 0 Å². The minimum absolute atomic E-state index is 0.0320. The molecule has 0 unspecified atom stereocenters. The lowest BCUT2D eigenvalue weighted by Crippen LogP contribution is -2.25. The number of amides is 1. The number of nitrogens with zero attached hydrogens (tertiary/aromatic N) is 3. The predicted octanol–water partition coefficient (Wildman–Crippen LogP) is 1.92. The van der Waals surface area contributed by atoms with Crippen LogP contribution in [0.5, 0.6) is 5.75 Å². The Balaban J connectivity index is 1.44. The highest BCUT2D eigenvalue weighted by atomic mass is 19.1. The highest BCUT2D eigenvalue weighted by molar-refractivity contribution is 5.92. The molecular weight excluding hydrogens is 408 g/mol. The first-order valence-corrected chi connectivity index (χ1v) is 9.81. The van der Waals surface area contributed by atoms with Gasteiger partial charge in [0.1, 0.15) is 23.0 Å². The number of benzene rings is 1. The molecule has 162 valence electrons. The number of aromatic amines is 1. The first-order valence-electron chi connectivity index (χ1n) is 9.81. The standard InChI is InChI=1S/C21H21F2N5O3/c1-11-20(29)27-18-14(25-11)4-3-12(17(18)22)9-28-8-7-13(10-28)31-16-6-5-15(21(30)24-2)26-19(16)23/h3-6,13H,7-10H2,1-2H3,(H,24,30)(H,27,29)/t13-/m0/s1. The van der Waals surface area contributed by atoms with E-state index in [-0.39, 0.29) is 28.8 Å². The van der Waals surface area contributed by atoms with E-state index < -0.39 is 23.2 Å². The summed E-state index contributed by atoms with van der Waals surface area (Å²) in [7, 11) is 1.44. The molecule has 0 aliphatic carbocycles. The smallest absolute Gasteiger partial charge is 0.269 e. The number of ether oxygens (including phenoxy) is 1. The molecule has 10 heteroatoms. The van der Waals surface area contributed by atoms with Crippen LogP contribution >= 0.6 is 0 Å². The van der Waals surface area contributed by atoms with Crippen molar-refractivity contribution in [2.45, 2.75) is 26.0 Å². The molecule has 0 saturated carbocycles. The van der Waals surface area contributed by atoms with E-state index in [1.165, 1.54) is 19.2 Å². The van der Waals surface area contributed by atoms with Crippen LogP contribution in [-0.4, -0.2) is 52.0 Å². The number of aryl methyl sites for hydroxylation is 1. The topological polar surface area (TPSA) is 100 Å². The molecule has 3 aromatic rings. The number of H-pyrrole nitrogens is 1. The number of likely N-dealkylation sites (tertiary alicyclic amines) is 1. The third-order valence-corrected chi connectivity index (χ3v) is 5.25. The van der Waals surface area contributed by atoms with Crippen LogP contribution in [0.3, 0.4) is 0 Å². The van der Waals surface area contributed by atoms with Gasteiger partial charge in [-0.05, 0) is 31.5 Å². The van der Waals surface area contributed by atoms with Crippen LogP contribution in [0, 0.1) is 18.7 Å². The first-order chi connectivity index (χ1) is 14.9. The largest absolute Gasteiger partial charge is 0.484 e. The Labute approximate surface area is 176 Å². The predicted molar refractivity (Wildman–Crippen MR) is 109 cm³/mol. The van der Waals surface area contributed by atoms with Gasteiger partial charge in [0, 0.05) is 32.2 Å². The van der Waals surface area contributed by atoms with Crippen LogP contribution in [0.4, 0.5) is 8.78 Å². The molecule has 3 heterocycles. The van der Waals surface area contributed by atoms with E-state index in [4.69, 9.17) is 4.74 Å². The van der Waals surface area contributed by atoms with Crippen molar-refractivity contribution in [3.63, 3.8) is 0 Å². The Morgan fingerprint density at radius 1 is 1.29 bits per heavy atom. The zero-order chi connectivity index (χ0) is 22.1. The lowest BCUT2D eigenvalue weighted by molar-refractivity contribution is 0.0956. The third kappa shape index (κ3) is 4.24. The maximum Gasteiger partial charge on any atom is 0.269 e. The molecule has 1 aliphatic rings. The zero-order valence-corrected chi connectivity index (χ0v) is 17.0. The first kappa shape index (κ1) is 20.9. The molecule has 0 bridgehead atoms. The Hall–Kier alpha value is -3.40. The van der Waals surface area contributed by atoms with E-state index in [9.17, 15) is 18.4 Å². The molecule has 1 atom stereocenters. The molecular formula is C21H21F2N5O3. The van der Waals surface area contributed by atoms with Crippen molar-refractivity contribution >= 4 is 16.9 Å². The second kappa shape index (κ2) is 8.38. The number of rotatable bonds is 5. The van der Waals surface area contributed by atoms with Gasteiger partial charge >= 0.3 is 0 Å². The number of hydrogen-bond acceptors (Lipinski definition) is 6. The number of carbonyl (C=O) groups excluding carboxylic acids is 1.